The zero-order chi connectivity index (χ0) is 12.7. The highest BCUT2D eigenvalue weighted by Gasteiger charge is 2.19. The molecule has 0 amide bonds. The predicted octanol–water partition coefficient (Wildman–Crippen LogP) is 3.41. The Kier molecular flexibility index (Phi) is 2.51. The van der Waals surface area contributed by atoms with Crippen LogP contribution in [-0.4, -0.2) is 0 Å². The van der Waals surface area contributed by atoms with Crippen LogP contribution in [0.1, 0.15) is 22.3 Å². The molecule has 2 heteroatoms. The number of nitrogens with zero attached hydrogens (tertiary/aromatic N) is 1. The number of rotatable bonds is 1. The molecule has 2 nitrogen and oxygen atoms in total. The summed E-state index contributed by atoms with van der Waals surface area (Å²) in [4.78, 5) is 2.40. The summed E-state index contributed by atoms with van der Waals surface area (Å²) in [6.07, 6.45) is 0. The monoisotopic (exact) mass is 238 g/mol. The van der Waals surface area contributed by atoms with Gasteiger partial charge < -0.3 is 10.6 Å². The SMILES string of the molecule is Cc1ccc(N2Cc3ccc(N)cc3C2)cc1C. The first-order chi connectivity index (χ1) is 8.63. The van der Waals surface area contributed by atoms with Gasteiger partial charge >= 0.3 is 0 Å². The van der Waals surface area contributed by atoms with Gasteiger partial charge in [-0.1, -0.05) is 12.1 Å². The first-order valence-electron chi connectivity index (χ1n) is 6.33. The van der Waals surface area contributed by atoms with Crippen molar-refractivity contribution in [1.82, 2.24) is 0 Å². The lowest BCUT2D eigenvalue weighted by molar-refractivity contribution is 0.879. The Morgan fingerprint density at radius 3 is 2.44 bits per heavy atom. The molecule has 0 saturated heterocycles. The van der Waals surface area contributed by atoms with Crippen molar-refractivity contribution < 1.29 is 0 Å². The van der Waals surface area contributed by atoms with Crippen molar-refractivity contribution in [3.63, 3.8) is 0 Å². The average Bonchev–Trinajstić information content (AvgIpc) is 2.75. The molecule has 1 heterocycles. The second-order valence-corrected chi connectivity index (χ2v) is 5.15. The van der Waals surface area contributed by atoms with Crippen molar-refractivity contribution in [2.24, 2.45) is 0 Å². The van der Waals surface area contributed by atoms with Crippen LogP contribution in [-0.2, 0) is 13.1 Å². The Morgan fingerprint density at radius 1 is 0.889 bits per heavy atom. The number of hydrogen-bond acceptors (Lipinski definition) is 2. The van der Waals surface area contributed by atoms with E-state index in [9.17, 15) is 0 Å². The maximum atomic E-state index is 5.84. The molecule has 92 valence electrons. The average molecular weight is 238 g/mol. The van der Waals surface area contributed by atoms with Crippen LogP contribution >= 0.6 is 0 Å². The minimum absolute atomic E-state index is 0.857. The third kappa shape index (κ3) is 1.84. The van der Waals surface area contributed by atoms with Gasteiger partial charge in [0, 0.05) is 24.5 Å². The molecule has 1 aliphatic heterocycles. The summed E-state index contributed by atoms with van der Waals surface area (Å²) in [6, 6.07) is 12.9. The van der Waals surface area contributed by atoms with Crippen LogP contribution in [0.25, 0.3) is 0 Å². The molecule has 2 aromatic carbocycles. The smallest absolute Gasteiger partial charge is 0.0437 e. The minimum Gasteiger partial charge on any atom is -0.399 e. The Hall–Kier alpha value is -1.96. The van der Waals surface area contributed by atoms with Gasteiger partial charge in [-0.3, -0.25) is 0 Å². The number of aryl methyl sites for hydroxylation is 2. The zero-order valence-electron chi connectivity index (χ0n) is 10.9. The highest BCUT2D eigenvalue weighted by molar-refractivity contribution is 5.56. The molecule has 0 unspecified atom stereocenters. The molecule has 0 aromatic heterocycles. The second-order valence-electron chi connectivity index (χ2n) is 5.15. The standard InChI is InChI=1S/C16H18N2/c1-11-3-6-16(7-12(11)2)18-9-13-4-5-15(17)8-14(13)10-18/h3-8H,9-10,17H2,1-2H3. The lowest BCUT2D eigenvalue weighted by Gasteiger charge is -2.18. The molecule has 0 bridgehead atoms. The fraction of sp³-hybridized carbons (Fsp3) is 0.250. The van der Waals surface area contributed by atoms with E-state index in [1.165, 1.54) is 27.9 Å². The highest BCUT2D eigenvalue weighted by Crippen LogP contribution is 2.30. The van der Waals surface area contributed by atoms with Gasteiger partial charge in [-0.2, -0.15) is 0 Å². The van der Waals surface area contributed by atoms with E-state index in [0.29, 0.717) is 0 Å². The van der Waals surface area contributed by atoms with E-state index in [-0.39, 0.29) is 0 Å². The fourth-order valence-electron chi connectivity index (χ4n) is 2.52. The van der Waals surface area contributed by atoms with Crippen molar-refractivity contribution in [1.29, 1.82) is 0 Å². The maximum Gasteiger partial charge on any atom is 0.0437 e. The first kappa shape index (κ1) is 11.1. The summed E-state index contributed by atoms with van der Waals surface area (Å²) < 4.78 is 0. The van der Waals surface area contributed by atoms with E-state index in [0.717, 1.165) is 18.8 Å². The lowest BCUT2D eigenvalue weighted by Crippen LogP contribution is -2.14. The van der Waals surface area contributed by atoms with Crippen molar-refractivity contribution in [3.05, 3.63) is 58.7 Å². The Balaban J connectivity index is 1.91. The molecule has 0 atom stereocenters. The number of nitrogens with two attached hydrogens (primary N) is 1. The quantitative estimate of drug-likeness (QED) is 0.771. The third-order valence-corrected chi connectivity index (χ3v) is 3.81. The van der Waals surface area contributed by atoms with Crippen LogP contribution in [0.15, 0.2) is 36.4 Å². The molecule has 1 aliphatic rings. The van der Waals surface area contributed by atoms with Gasteiger partial charge in [0.1, 0.15) is 0 Å². The molecule has 0 spiro atoms. The third-order valence-electron chi connectivity index (χ3n) is 3.81. The molecule has 0 aliphatic carbocycles. The van der Waals surface area contributed by atoms with Crippen LogP contribution in [0.2, 0.25) is 0 Å². The van der Waals surface area contributed by atoms with Crippen molar-refractivity contribution in [2.45, 2.75) is 26.9 Å². The number of anilines is 2. The topological polar surface area (TPSA) is 29.3 Å². The summed E-state index contributed by atoms with van der Waals surface area (Å²) in [5.41, 5.74) is 13.4. The summed E-state index contributed by atoms with van der Waals surface area (Å²) in [5.74, 6) is 0. The molecule has 3 rings (SSSR count). The molecule has 0 saturated carbocycles. The van der Waals surface area contributed by atoms with Crippen LogP contribution in [0.5, 0.6) is 0 Å². The van der Waals surface area contributed by atoms with Crippen molar-refractivity contribution in [3.8, 4) is 0 Å². The Bertz CT molecular complexity index is 602. The van der Waals surface area contributed by atoms with Gasteiger partial charge in [0.05, 0.1) is 0 Å². The van der Waals surface area contributed by atoms with Crippen LogP contribution < -0.4 is 10.6 Å². The molecule has 0 radical (unpaired) electrons. The van der Waals surface area contributed by atoms with Gasteiger partial charge in [0.15, 0.2) is 0 Å². The van der Waals surface area contributed by atoms with E-state index in [2.05, 4.69) is 49.1 Å². The predicted molar refractivity (Wildman–Crippen MR) is 76.7 cm³/mol. The zero-order valence-corrected chi connectivity index (χ0v) is 10.9. The molecule has 2 N–H and O–H groups in total. The normalized spacial score (nSPS) is 13.8. The lowest BCUT2D eigenvalue weighted by atomic mass is 10.1. The number of hydrogen-bond donors (Lipinski definition) is 1. The van der Waals surface area contributed by atoms with Crippen LogP contribution in [0, 0.1) is 13.8 Å². The van der Waals surface area contributed by atoms with E-state index < -0.39 is 0 Å². The number of fused-ring (bicyclic) bond motifs is 1. The van der Waals surface area contributed by atoms with Crippen LogP contribution in [0.3, 0.4) is 0 Å². The van der Waals surface area contributed by atoms with E-state index in [1.54, 1.807) is 0 Å². The molecular weight excluding hydrogens is 220 g/mol. The number of nitrogen functional groups attached to an aromatic ring is 1. The van der Waals surface area contributed by atoms with Gasteiger partial charge in [0.25, 0.3) is 0 Å². The van der Waals surface area contributed by atoms with Gasteiger partial charge in [0.2, 0.25) is 0 Å². The van der Waals surface area contributed by atoms with E-state index >= 15 is 0 Å². The number of benzene rings is 2. The summed E-state index contributed by atoms with van der Waals surface area (Å²) >= 11 is 0. The Labute approximate surface area is 108 Å². The minimum atomic E-state index is 0.857. The van der Waals surface area contributed by atoms with Gasteiger partial charge in [-0.15, -0.1) is 0 Å². The Morgan fingerprint density at radius 2 is 1.67 bits per heavy atom. The van der Waals surface area contributed by atoms with Crippen molar-refractivity contribution >= 4 is 11.4 Å². The summed E-state index contributed by atoms with van der Waals surface area (Å²) in [5, 5.41) is 0. The fourth-order valence-corrected chi connectivity index (χ4v) is 2.52. The molecule has 0 fully saturated rings. The van der Waals surface area contributed by atoms with Gasteiger partial charge in [-0.05, 0) is 60.4 Å². The largest absolute Gasteiger partial charge is 0.399 e. The first-order valence-corrected chi connectivity index (χ1v) is 6.33. The van der Waals surface area contributed by atoms with Crippen LogP contribution in [0.4, 0.5) is 11.4 Å². The van der Waals surface area contributed by atoms with E-state index in [4.69, 9.17) is 5.73 Å². The van der Waals surface area contributed by atoms with Crippen molar-refractivity contribution in [2.75, 3.05) is 10.6 Å². The molecule has 2 aromatic rings. The maximum absolute atomic E-state index is 5.84. The second kappa shape index (κ2) is 4.05. The summed E-state index contributed by atoms with van der Waals surface area (Å²) in [7, 11) is 0. The molecule has 18 heavy (non-hydrogen) atoms. The molecular formula is C16H18N2. The summed E-state index contributed by atoms with van der Waals surface area (Å²) in [6.45, 7) is 6.26. The highest BCUT2D eigenvalue weighted by atomic mass is 15.1. The van der Waals surface area contributed by atoms with E-state index in [1.807, 2.05) is 6.07 Å². The van der Waals surface area contributed by atoms with Gasteiger partial charge in [-0.25, -0.2) is 0 Å².